The van der Waals surface area contributed by atoms with Crippen molar-refractivity contribution in [2.75, 3.05) is 6.54 Å². The van der Waals surface area contributed by atoms with Crippen molar-refractivity contribution >= 4 is 6.09 Å². The van der Waals surface area contributed by atoms with Crippen molar-refractivity contribution in [2.24, 2.45) is 0 Å². The summed E-state index contributed by atoms with van der Waals surface area (Å²) in [6, 6.07) is 0.0762. The van der Waals surface area contributed by atoms with Crippen molar-refractivity contribution in [3.8, 4) is 0 Å². The Labute approximate surface area is 101 Å². The molecule has 1 atom stereocenters. The molecule has 17 heavy (non-hydrogen) atoms. The molecule has 0 bridgehead atoms. The van der Waals surface area contributed by atoms with Gasteiger partial charge >= 0.3 is 6.09 Å². The molecule has 1 saturated heterocycles. The SMILES string of the molecule is CC(C)(C)OC(=O)N1CCC[C@H]1c1cnc[nH]1. The number of rotatable bonds is 1. The minimum Gasteiger partial charge on any atom is -0.444 e. The number of amides is 1. The van der Waals surface area contributed by atoms with Crippen LogP contribution in [0.3, 0.4) is 0 Å². The molecular weight excluding hydrogens is 218 g/mol. The lowest BCUT2D eigenvalue weighted by molar-refractivity contribution is 0.0222. The fourth-order valence-corrected chi connectivity index (χ4v) is 2.08. The van der Waals surface area contributed by atoms with Crippen molar-refractivity contribution in [2.45, 2.75) is 45.3 Å². The average molecular weight is 237 g/mol. The van der Waals surface area contributed by atoms with Gasteiger partial charge in [-0.05, 0) is 33.6 Å². The second kappa shape index (κ2) is 4.39. The summed E-state index contributed by atoms with van der Waals surface area (Å²) in [7, 11) is 0. The standard InChI is InChI=1S/C12H19N3O2/c1-12(2,3)17-11(16)15-6-4-5-10(15)9-7-13-8-14-9/h7-8,10H,4-6H2,1-3H3,(H,13,14)/t10-/m0/s1. The van der Waals surface area contributed by atoms with Crippen LogP contribution in [0, 0.1) is 0 Å². The predicted molar refractivity (Wildman–Crippen MR) is 63.5 cm³/mol. The van der Waals surface area contributed by atoms with Gasteiger partial charge in [-0.25, -0.2) is 9.78 Å². The van der Waals surface area contributed by atoms with E-state index in [0.29, 0.717) is 0 Å². The lowest BCUT2D eigenvalue weighted by atomic mass is 10.1. The van der Waals surface area contributed by atoms with Crippen molar-refractivity contribution in [1.29, 1.82) is 0 Å². The van der Waals surface area contributed by atoms with Gasteiger partial charge in [0.1, 0.15) is 5.60 Å². The van der Waals surface area contributed by atoms with Crippen LogP contribution in [0.15, 0.2) is 12.5 Å². The Balaban J connectivity index is 2.07. The first-order chi connectivity index (χ1) is 7.97. The molecule has 0 aromatic carbocycles. The highest BCUT2D eigenvalue weighted by Gasteiger charge is 2.33. The quantitative estimate of drug-likeness (QED) is 0.816. The highest BCUT2D eigenvalue weighted by molar-refractivity contribution is 5.69. The zero-order valence-corrected chi connectivity index (χ0v) is 10.6. The first-order valence-corrected chi connectivity index (χ1v) is 5.95. The number of aromatic amines is 1. The van der Waals surface area contributed by atoms with Crippen molar-refractivity contribution in [3.63, 3.8) is 0 Å². The number of nitrogens with zero attached hydrogens (tertiary/aromatic N) is 2. The maximum Gasteiger partial charge on any atom is 0.410 e. The molecule has 1 amide bonds. The molecule has 1 aromatic heterocycles. The Morgan fingerprint density at radius 2 is 2.35 bits per heavy atom. The lowest BCUT2D eigenvalue weighted by Crippen LogP contribution is -2.36. The van der Waals surface area contributed by atoms with Gasteiger partial charge < -0.3 is 9.72 Å². The second-order valence-electron chi connectivity index (χ2n) is 5.34. The molecule has 2 rings (SSSR count). The molecule has 1 N–H and O–H groups in total. The summed E-state index contributed by atoms with van der Waals surface area (Å²) >= 11 is 0. The molecule has 0 spiro atoms. The number of carbonyl (C=O) groups is 1. The van der Waals surface area contributed by atoms with Crippen LogP contribution in [0.25, 0.3) is 0 Å². The van der Waals surface area contributed by atoms with Gasteiger partial charge in [0.05, 0.1) is 24.3 Å². The van der Waals surface area contributed by atoms with Gasteiger partial charge in [0.2, 0.25) is 0 Å². The Morgan fingerprint density at radius 1 is 1.59 bits per heavy atom. The maximum atomic E-state index is 12.0. The largest absolute Gasteiger partial charge is 0.444 e. The number of likely N-dealkylation sites (tertiary alicyclic amines) is 1. The zero-order valence-electron chi connectivity index (χ0n) is 10.6. The van der Waals surface area contributed by atoms with Crippen LogP contribution < -0.4 is 0 Å². The van der Waals surface area contributed by atoms with E-state index in [9.17, 15) is 4.79 Å². The molecule has 5 nitrogen and oxygen atoms in total. The summed E-state index contributed by atoms with van der Waals surface area (Å²) in [6.07, 6.45) is 5.13. The van der Waals surface area contributed by atoms with E-state index in [1.807, 2.05) is 20.8 Å². The molecule has 5 heteroatoms. The highest BCUT2D eigenvalue weighted by Crippen LogP contribution is 2.31. The molecule has 2 heterocycles. The predicted octanol–water partition coefficient (Wildman–Crippen LogP) is 2.48. The molecule has 0 radical (unpaired) electrons. The van der Waals surface area contributed by atoms with E-state index in [4.69, 9.17) is 4.74 Å². The molecule has 0 unspecified atom stereocenters. The Kier molecular flexibility index (Phi) is 3.09. The van der Waals surface area contributed by atoms with E-state index < -0.39 is 5.60 Å². The average Bonchev–Trinajstić information content (AvgIpc) is 2.85. The van der Waals surface area contributed by atoms with Crippen LogP contribution >= 0.6 is 0 Å². The number of ether oxygens (including phenoxy) is 1. The summed E-state index contributed by atoms with van der Waals surface area (Å²) in [5, 5.41) is 0. The minimum atomic E-state index is -0.446. The number of H-pyrrole nitrogens is 1. The van der Waals surface area contributed by atoms with Crippen LogP contribution in [0.2, 0.25) is 0 Å². The van der Waals surface area contributed by atoms with E-state index in [2.05, 4.69) is 9.97 Å². The highest BCUT2D eigenvalue weighted by atomic mass is 16.6. The molecule has 94 valence electrons. The topological polar surface area (TPSA) is 58.2 Å². The number of imidazole rings is 1. The first kappa shape index (κ1) is 12.0. The molecule has 1 aliphatic rings. The lowest BCUT2D eigenvalue weighted by Gasteiger charge is -2.28. The van der Waals surface area contributed by atoms with Gasteiger partial charge in [-0.3, -0.25) is 4.90 Å². The Bertz CT molecular complexity index is 381. The zero-order chi connectivity index (χ0) is 12.5. The van der Waals surface area contributed by atoms with Gasteiger partial charge in [0.25, 0.3) is 0 Å². The van der Waals surface area contributed by atoms with E-state index in [-0.39, 0.29) is 12.1 Å². The van der Waals surface area contributed by atoms with E-state index >= 15 is 0 Å². The third kappa shape index (κ3) is 2.78. The molecular formula is C12H19N3O2. The number of nitrogens with one attached hydrogen (secondary N) is 1. The third-order valence-electron chi connectivity index (χ3n) is 2.76. The number of carbonyl (C=O) groups excluding carboxylic acids is 1. The van der Waals surface area contributed by atoms with Crippen molar-refractivity contribution in [1.82, 2.24) is 14.9 Å². The number of hydrogen-bond acceptors (Lipinski definition) is 3. The van der Waals surface area contributed by atoms with Crippen LogP contribution in [-0.2, 0) is 4.74 Å². The summed E-state index contributed by atoms with van der Waals surface area (Å²) in [5.74, 6) is 0. The summed E-state index contributed by atoms with van der Waals surface area (Å²) in [6.45, 7) is 6.39. The maximum absolute atomic E-state index is 12.0. The van der Waals surface area contributed by atoms with E-state index in [1.165, 1.54) is 0 Å². The van der Waals surface area contributed by atoms with Gasteiger partial charge in [0.15, 0.2) is 0 Å². The summed E-state index contributed by atoms with van der Waals surface area (Å²) in [5.41, 5.74) is 0.534. The van der Waals surface area contributed by atoms with Crippen LogP contribution in [-0.4, -0.2) is 33.1 Å². The second-order valence-corrected chi connectivity index (χ2v) is 5.34. The van der Waals surface area contributed by atoms with Gasteiger partial charge in [-0.1, -0.05) is 0 Å². The Morgan fingerprint density at radius 3 is 2.94 bits per heavy atom. The molecule has 1 aliphatic heterocycles. The molecule has 1 aromatic rings. The fourth-order valence-electron chi connectivity index (χ4n) is 2.08. The number of hydrogen-bond donors (Lipinski definition) is 1. The summed E-state index contributed by atoms with van der Waals surface area (Å²) in [4.78, 5) is 20.9. The van der Waals surface area contributed by atoms with Gasteiger partial charge in [0, 0.05) is 6.54 Å². The van der Waals surface area contributed by atoms with Crippen LogP contribution in [0.5, 0.6) is 0 Å². The van der Waals surface area contributed by atoms with Gasteiger partial charge in [-0.15, -0.1) is 0 Å². The van der Waals surface area contributed by atoms with E-state index in [0.717, 1.165) is 25.1 Å². The van der Waals surface area contributed by atoms with Crippen molar-refractivity contribution < 1.29 is 9.53 Å². The van der Waals surface area contributed by atoms with Crippen molar-refractivity contribution in [3.05, 3.63) is 18.2 Å². The number of aromatic nitrogens is 2. The van der Waals surface area contributed by atoms with Crippen LogP contribution in [0.4, 0.5) is 4.79 Å². The van der Waals surface area contributed by atoms with Gasteiger partial charge in [-0.2, -0.15) is 0 Å². The monoisotopic (exact) mass is 237 g/mol. The van der Waals surface area contributed by atoms with Crippen LogP contribution in [0.1, 0.15) is 45.3 Å². The fraction of sp³-hybridized carbons (Fsp3) is 0.667. The molecule has 1 fully saturated rings. The molecule has 0 saturated carbocycles. The third-order valence-corrected chi connectivity index (χ3v) is 2.76. The molecule has 0 aliphatic carbocycles. The minimum absolute atomic E-state index is 0.0762. The van der Waals surface area contributed by atoms with E-state index in [1.54, 1.807) is 17.4 Å². The smallest absolute Gasteiger partial charge is 0.410 e. The first-order valence-electron chi connectivity index (χ1n) is 5.95. The normalized spacial score (nSPS) is 20.6. The Hall–Kier alpha value is -1.52. The summed E-state index contributed by atoms with van der Waals surface area (Å²) < 4.78 is 5.40.